The van der Waals surface area contributed by atoms with Gasteiger partial charge in [0, 0.05) is 48.6 Å². The number of likely N-dealkylation sites (tertiary alicyclic amines) is 1. The highest BCUT2D eigenvalue weighted by Crippen LogP contribution is 2.88. The van der Waals surface area contributed by atoms with Crippen molar-refractivity contribution in [2.45, 2.75) is 104 Å². The van der Waals surface area contributed by atoms with E-state index in [9.17, 15) is 32.4 Å². The molecule has 0 aromatic heterocycles. The zero-order valence-electron chi connectivity index (χ0n) is 31.0. The normalized spacial score (nSPS) is 28.9. The Morgan fingerprint density at radius 3 is 2.17 bits per heavy atom. The molecule has 4 N–H and O–H groups in total. The van der Waals surface area contributed by atoms with Crippen molar-refractivity contribution in [2.24, 2.45) is 28.1 Å². The molecule has 1 aromatic rings. The summed E-state index contributed by atoms with van der Waals surface area (Å²) in [6.45, 7) is 15.3. The van der Waals surface area contributed by atoms with Crippen LogP contribution in [0.25, 0.3) is 0 Å². The number of nitrogens with zero attached hydrogens (tertiary/aromatic N) is 2. The molecule has 2 heterocycles. The molecule has 6 rings (SSSR count). The summed E-state index contributed by atoms with van der Waals surface area (Å²) in [4.78, 5) is 70.6. The third-order valence-electron chi connectivity index (χ3n) is 13.2. The van der Waals surface area contributed by atoms with Gasteiger partial charge in [0.1, 0.15) is 17.6 Å². The Balaban J connectivity index is 1.25. The van der Waals surface area contributed by atoms with Crippen LogP contribution in [-0.4, -0.2) is 91.0 Å². The minimum atomic E-state index is -4.09. The summed E-state index contributed by atoms with van der Waals surface area (Å²) < 4.78 is 29.5. The molecular formula is C38H54N6O7S. The molecule has 3 aliphatic carbocycles. The number of benzene rings is 1. The van der Waals surface area contributed by atoms with Crippen molar-refractivity contribution in [3.8, 4) is 0 Å². The van der Waals surface area contributed by atoms with Gasteiger partial charge in [0.25, 0.3) is 17.7 Å². The number of amides is 5. The number of carbonyl (C=O) groups excluding carboxylic acids is 5. The Labute approximate surface area is 307 Å². The monoisotopic (exact) mass is 738 g/mol. The van der Waals surface area contributed by atoms with Crippen molar-refractivity contribution < 1.29 is 32.4 Å². The van der Waals surface area contributed by atoms with Gasteiger partial charge in [-0.15, -0.1) is 6.58 Å². The fraction of sp³-hybridized carbons (Fsp3) is 0.658. The molecule has 52 heavy (non-hydrogen) atoms. The van der Waals surface area contributed by atoms with E-state index in [1.165, 1.54) is 10.4 Å². The molecule has 284 valence electrons. The van der Waals surface area contributed by atoms with Crippen LogP contribution < -0.4 is 20.7 Å². The average Bonchev–Trinajstić information content (AvgIpc) is 3.55. The van der Waals surface area contributed by atoms with Crippen LogP contribution in [0, 0.1) is 28.1 Å². The molecule has 5 amide bonds. The lowest BCUT2D eigenvalue weighted by Crippen LogP contribution is -2.59. The van der Waals surface area contributed by atoms with Gasteiger partial charge in [-0.25, -0.2) is 4.72 Å². The Bertz CT molecular complexity index is 1770. The largest absolute Gasteiger partial charge is 0.352 e. The van der Waals surface area contributed by atoms with E-state index in [-0.39, 0.29) is 40.1 Å². The van der Waals surface area contributed by atoms with E-state index >= 15 is 0 Å². The Kier molecular flexibility index (Phi) is 9.91. The summed E-state index contributed by atoms with van der Waals surface area (Å²) in [5, 5.41) is 8.61. The van der Waals surface area contributed by atoms with Gasteiger partial charge in [-0.3, -0.25) is 24.0 Å². The van der Waals surface area contributed by atoms with Crippen LogP contribution in [0.1, 0.15) is 107 Å². The smallest absolute Gasteiger partial charge is 0.303 e. The maximum atomic E-state index is 14.7. The summed E-state index contributed by atoms with van der Waals surface area (Å²) in [6.07, 6.45) is 7.38. The van der Waals surface area contributed by atoms with Gasteiger partial charge in [-0.2, -0.15) is 12.7 Å². The third kappa shape index (κ3) is 6.03. The van der Waals surface area contributed by atoms with Crippen LogP contribution in [0.3, 0.4) is 0 Å². The zero-order valence-corrected chi connectivity index (χ0v) is 31.9. The summed E-state index contributed by atoms with van der Waals surface area (Å²) >= 11 is 0. The average molecular weight is 739 g/mol. The van der Waals surface area contributed by atoms with Crippen molar-refractivity contribution in [2.75, 3.05) is 26.2 Å². The maximum Gasteiger partial charge on any atom is 0.303 e. The summed E-state index contributed by atoms with van der Waals surface area (Å²) in [6, 6.07) is 4.40. The van der Waals surface area contributed by atoms with Crippen molar-refractivity contribution in [1.29, 1.82) is 0 Å². The lowest BCUT2D eigenvalue weighted by molar-refractivity contribution is -0.141. The van der Waals surface area contributed by atoms with Gasteiger partial charge in [0.05, 0.1) is 0 Å². The lowest BCUT2D eigenvalue weighted by Gasteiger charge is -2.32. The topological polar surface area (TPSA) is 174 Å². The highest BCUT2D eigenvalue weighted by molar-refractivity contribution is 7.87. The van der Waals surface area contributed by atoms with Crippen LogP contribution in [0.5, 0.6) is 0 Å². The number of hydrogen-bond donors (Lipinski definition) is 4. The zero-order chi connectivity index (χ0) is 37.9. The fourth-order valence-electron chi connectivity index (χ4n) is 9.66. The van der Waals surface area contributed by atoms with Crippen LogP contribution in [0.4, 0.5) is 0 Å². The SMILES string of the molecule is C=CC1CC1(NC(=O)C1CC2(CN1C(=O)C(NC(=O)c1cccc(C(=O)NCCC)c1)C(C)C)C(C)(C)C21CCC1)C(=O)NS(=O)(=O)N1CCCC1. The molecule has 5 unspecified atom stereocenters. The van der Waals surface area contributed by atoms with Gasteiger partial charge in [0.2, 0.25) is 11.8 Å². The second kappa shape index (κ2) is 13.6. The molecule has 3 saturated carbocycles. The standard InChI is InChI=1S/C38H54N6O7S/c1-7-17-39-30(45)25-13-11-14-26(20-25)31(46)40-29(24(3)4)33(48)44-23-37(35(5,6)36(37)15-12-16-36)22-28(44)32(47)41-38(21-27(38)8-2)34(49)42-52(50,51)43-18-9-10-19-43/h8,11,13-14,20,24,27-29H,2,7,9-10,12,15-19,21-23H2,1,3-6H3,(H,39,45)(H,40,46)(H,41,47)(H,42,49). The molecule has 1 aromatic carbocycles. The Hall–Kier alpha value is -3.78. The Morgan fingerprint density at radius 1 is 0.981 bits per heavy atom. The van der Waals surface area contributed by atoms with Gasteiger partial charge < -0.3 is 20.9 Å². The predicted octanol–water partition coefficient (Wildman–Crippen LogP) is 2.90. The van der Waals surface area contributed by atoms with Crippen LogP contribution in [-0.2, 0) is 24.6 Å². The minimum absolute atomic E-state index is 0.00890. The first kappa shape index (κ1) is 38.0. The van der Waals surface area contributed by atoms with Gasteiger partial charge in [-0.1, -0.05) is 53.2 Å². The maximum absolute atomic E-state index is 14.7. The first-order chi connectivity index (χ1) is 24.5. The summed E-state index contributed by atoms with van der Waals surface area (Å²) in [5.74, 6) is -3.39. The van der Waals surface area contributed by atoms with Crippen LogP contribution in [0.15, 0.2) is 36.9 Å². The van der Waals surface area contributed by atoms with E-state index in [1.54, 1.807) is 29.2 Å². The van der Waals surface area contributed by atoms with Crippen LogP contribution >= 0.6 is 0 Å². The first-order valence-electron chi connectivity index (χ1n) is 18.8. The highest BCUT2D eigenvalue weighted by atomic mass is 32.2. The lowest BCUT2D eigenvalue weighted by atomic mass is 9.73. The quantitative estimate of drug-likeness (QED) is 0.225. The molecule has 13 nitrogen and oxygen atoms in total. The molecule has 2 spiro atoms. The van der Waals surface area contributed by atoms with E-state index in [0.29, 0.717) is 51.0 Å². The summed E-state index contributed by atoms with van der Waals surface area (Å²) in [5.41, 5.74) is -1.42. The van der Waals surface area contributed by atoms with Gasteiger partial charge >= 0.3 is 10.2 Å². The van der Waals surface area contributed by atoms with Crippen LogP contribution in [0.2, 0.25) is 0 Å². The second-order valence-corrected chi connectivity index (χ2v) is 18.1. The molecule has 5 aliphatic rings. The Morgan fingerprint density at radius 2 is 1.63 bits per heavy atom. The number of nitrogens with one attached hydrogen (secondary N) is 4. The van der Waals surface area contributed by atoms with Crippen molar-refractivity contribution >= 4 is 39.7 Å². The minimum Gasteiger partial charge on any atom is -0.352 e. The van der Waals surface area contributed by atoms with Crippen molar-refractivity contribution in [3.05, 3.63) is 48.0 Å². The second-order valence-electron chi connectivity index (χ2n) is 16.4. The highest BCUT2D eigenvalue weighted by Gasteiger charge is 2.85. The van der Waals surface area contributed by atoms with E-state index in [2.05, 4.69) is 41.1 Å². The molecule has 14 heteroatoms. The predicted molar refractivity (Wildman–Crippen MR) is 195 cm³/mol. The molecule has 5 atom stereocenters. The van der Waals surface area contributed by atoms with E-state index in [1.807, 2.05) is 20.8 Å². The summed E-state index contributed by atoms with van der Waals surface area (Å²) in [7, 11) is -4.09. The molecule has 0 bridgehead atoms. The van der Waals surface area contributed by atoms with Crippen molar-refractivity contribution in [1.82, 2.24) is 29.9 Å². The van der Waals surface area contributed by atoms with Crippen molar-refractivity contribution in [3.63, 3.8) is 0 Å². The molecular weight excluding hydrogens is 685 g/mol. The molecule has 2 aliphatic heterocycles. The number of fused-ring (bicyclic) bond motifs is 1. The van der Waals surface area contributed by atoms with E-state index in [0.717, 1.165) is 25.7 Å². The van der Waals surface area contributed by atoms with Gasteiger partial charge in [0.15, 0.2) is 0 Å². The fourth-order valence-corrected chi connectivity index (χ4v) is 10.9. The third-order valence-corrected chi connectivity index (χ3v) is 14.7. The number of rotatable bonds is 13. The van der Waals surface area contributed by atoms with Gasteiger partial charge in [-0.05, 0) is 79.9 Å². The molecule has 2 saturated heterocycles. The molecule has 5 fully saturated rings. The number of carbonyl (C=O) groups is 5. The number of hydrogen-bond acceptors (Lipinski definition) is 7. The molecule has 0 radical (unpaired) electrons. The van der Waals surface area contributed by atoms with E-state index in [4.69, 9.17) is 0 Å². The van der Waals surface area contributed by atoms with E-state index < -0.39 is 57.4 Å². The first-order valence-corrected chi connectivity index (χ1v) is 20.2.